The van der Waals surface area contributed by atoms with Gasteiger partial charge in [-0.3, -0.25) is 0 Å². The summed E-state index contributed by atoms with van der Waals surface area (Å²) in [5.74, 6) is -0.402. The molecule has 4 heteroatoms. The van der Waals surface area contributed by atoms with Crippen LogP contribution in [0.1, 0.15) is 21.5 Å². The van der Waals surface area contributed by atoms with E-state index >= 15 is 0 Å². The monoisotopic (exact) mass is 271 g/mol. The number of hydrogen-bond acceptors (Lipinski definition) is 3. The average Bonchev–Trinajstić information content (AvgIpc) is 2.46. The number of nitrogens with zero attached hydrogens (tertiary/aromatic N) is 1. The standard InChI is InChI=1S/C15H10ClNO2/c16-14-7-5-13(6-8-14)15(18)19-10-12-3-1-11(9-17)2-4-12/h1-8H,10H2. The Labute approximate surface area is 116 Å². The van der Waals surface area contributed by atoms with Gasteiger partial charge in [-0.2, -0.15) is 5.26 Å². The fraction of sp³-hybridized carbons (Fsp3) is 0.0667. The van der Waals surface area contributed by atoms with Crippen molar-refractivity contribution in [3.05, 3.63) is 70.2 Å². The summed E-state index contributed by atoms with van der Waals surface area (Å²) in [6, 6.07) is 15.4. The van der Waals surface area contributed by atoms with Gasteiger partial charge in [-0.25, -0.2) is 4.79 Å². The molecule has 0 saturated heterocycles. The first-order valence-electron chi connectivity index (χ1n) is 5.61. The van der Waals surface area contributed by atoms with Crippen LogP contribution in [-0.4, -0.2) is 5.97 Å². The van der Waals surface area contributed by atoms with E-state index in [1.807, 2.05) is 6.07 Å². The van der Waals surface area contributed by atoms with E-state index in [0.717, 1.165) is 5.56 Å². The van der Waals surface area contributed by atoms with Gasteiger partial charge in [-0.15, -0.1) is 0 Å². The van der Waals surface area contributed by atoms with Gasteiger partial charge < -0.3 is 4.74 Å². The van der Waals surface area contributed by atoms with Gasteiger partial charge in [0.25, 0.3) is 0 Å². The largest absolute Gasteiger partial charge is 0.457 e. The number of carbonyl (C=O) groups excluding carboxylic acids is 1. The second kappa shape index (κ2) is 6.03. The van der Waals surface area contributed by atoms with Crippen LogP contribution in [0.15, 0.2) is 48.5 Å². The van der Waals surface area contributed by atoms with E-state index in [2.05, 4.69) is 0 Å². The van der Waals surface area contributed by atoms with Crippen LogP contribution < -0.4 is 0 Å². The molecule has 0 saturated carbocycles. The van der Waals surface area contributed by atoms with Crippen LogP contribution in [-0.2, 0) is 11.3 Å². The molecular weight excluding hydrogens is 262 g/mol. The Balaban J connectivity index is 1.96. The van der Waals surface area contributed by atoms with Crippen molar-refractivity contribution < 1.29 is 9.53 Å². The number of esters is 1. The Hall–Kier alpha value is -2.31. The molecule has 0 unspecified atom stereocenters. The zero-order valence-electron chi connectivity index (χ0n) is 9.97. The van der Waals surface area contributed by atoms with Gasteiger partial charge in [0.05, 0.1) is 17.2 Å². The average molecular weight is 272 g/mol. The van der Waals surface area contributed by atoms with Gasteiger partial charge in [0.2, 0.25) is 0 Å². The number of carbonyl (C=O) groups is 1. The molecule has 0 aliphatic heterocycles. The molecule has 0 radical (unpaired) electrons. The summed E-state index contributed by atoms with van der Waals surface area (Å²) in [6.07, 6.45) is 0. The Bertz CT molecular complexity index is 612. The van der Waals surface area contributed by atoms with Crippen molar-refractivity contribution in [1.82, 2.24) is 0 Å². The summed E-state index contributed by atoms with van der Waals surface area (Å²) in [5, 5.41) is 9.24. The molecule has 0 N–H and O–H groups in total. The van der Waals surface area contributed by atoms with Crippen molar-refractivity contribution in [3.8, 4) is 6.07 Å². The first-order valence-corrected chi connectivity index (χ1v) is 5.98. The molecule has 0 atom stereocenters. The molecule has 0 bridgehead atoms. The zero-order valence-corrected chi connectivity index (χ0v) is 10.7. The van der Waals surface area contributed by atoms with E-state index in [9.17, 15) is 4.79 Å². The first-order chi connectivity index (χ1) is 9.19. The zero-order chi connectivity index (χ0) is 13.7. The van der Waals surface area contributed by atoms with Crippen LogP contribution in [0.3, 0.4) is 0 Å². The van der Waals surface area contributed by atoms with Crippen LogP contribution in [0.2, 0.25) is 5.02 Å². The Morgan fingerprint density at radius 3 is 2.32 bits per heavy atom. The van der Waals surface area contributed by atoms with Gasteiger partial charge in [-0.05, 0) is 42.0 Å². The summed E-state index contributed by atoms with van der Waals surface area (Å²) >= 11 is 5.74. The highest BCUT2D eigenvalue weighted by Gasteiger charge is 2.06. The minimum absolute atomic E-state index is 0.174. The maximum Gasteiger partial charge on any atom is 0.338 e. The van der Waals surface area contributed by atoms with E-state index in [1.54, 1.807) is 48.5 Å². The smallest absolute Gasteiger partial charge is 0.338 e. The van der Waals surface area contributed by atoms with Gasteiger partial charge in [0.15, 0.2) is 0 Å². The minimum atomic E-state index is -0.402. The molecule has 0 heterocycles. The number of benzene rings is 2. The van der Waals surface area contributed by atoms with E-state index in [4.69, 9.17) is 21.6 Å². The highest BCUT2D eigenvalue weighted by Crippen LogP contribution is 2.12. The molecule has 0 amide bonds. The van der Waals surface area contributed by atoms with Crippen LogP contribution in [0.4, 0.5) is 0 Å². The van der Waals surface area contributed by atoms with Crippen LogP contribution >= 0.6 is 11.6 Å². The van der Waals surface area contributed by atoms with Gasteiger partial charge in [0, 0.05) is 5.02 Å². The summed E-state index contributed by atoms with van der Waals surface area (Å²) < 4.78 is 5.16. The van der Waals surface area contributed by atoms with Gasteiger partial charge >= 0.3 is 5.97 Å². The maximum atomic E-state index is 11.7. The lowest BCUT2D eigenvalue weighted by Gasteiger charge is -2.05. The van der Waals surface area contributed by atoms with Crippen LogP contribution in [0, 0.1) is 11.3 Å². The Morgan fingerprint density at radius 2 is 1.74 bits per heavy atom. The number of hydrogen-bond donors (Lipinski definition) is 0. The highest BCUT2D eigenvalue weighted by atomic mass is 35.5. The molecule has 3 nitrogen and oxygen atoms in total. The molecular formula is C15H10ClNO2. The molecule has 2 aromatic carbocycles. The SMILES string of the molecule is N#Cc1ccc(COC(=O)c2ccc(Cl)cc2)cc1. The van der Waals surface area contributed by atoms with Gasteiger partial charge in [0.1, 0.15) is 6.61 Å². The van der Waals surface area contributed by atoms with Crippen LogP contribution in [0.5, 0.6) is 0 Å². The quantitative estimate of drug-likeness (QED) is 0.802. The lowest BCUT2D eigenvalue weighted by atomic mass is 10.1. The molecule has 0 aliphatic rings. The third-order valence-corrected chi connectivity index (χ3v) is 2.78. The fourth-order valence-corrected chi connectivity index (χ4v) is 1.62. The van der Waals surface area contributed by atoms with Gasteiger partial charge in [-0.1, -0.05) is 23.7 Å². The summed E-state index contributed by atoms with van der Waals surface area (Å²) in [7, 11) is 0. The molecule has 0 fully saturated rings. The van der Waals surface area contributed by atoms with Crippen molar-refractivity contribution in [1.29, 1.82) is 5.26 Å². The topological polar surface area (TPSA) is 50.1 Å². The van der Waals surface area contributed by atoms with Crippen molar-refractivity contribution in [2.75, 3.05) is 0 Å². The predicted molar refractivity (Wildman–Crippen MR) is 71.7 cm³/mol. The Morgan fingerprint density at radius 1 is 1.11 bits per heavy atom. The summed E-state index contributed by atoms with van der Waals surface area (Å²) in [4.78, 5) is 11.7. The number of nitriles is 1. The summed E-state index contributed by atoms with van der Waals surface area (Å²) in [5.41, 5.74) is 1.87. The number of ether oxygens (including phenoxy) is 1. The van der Waals surface area contributed by atoms with Crippen molar-refractivity contribution in [3.63, 3.8) is 0 Å². The fourth-order valence-electron chi connectivity index (χ4n) is 1.49. The van der Waals surface area contributed by atoms with Crippen LogP contribution in [0.25, 0.3) is 0 Å². The van der Waals surface area contributed by atoms with Crippen molar-refractivity contribution in [2.24, 2.45) is 0 Å². The second-order valence-corrected chi connectivity index (χ2v) is 4.33. The van der Waals surface area contributed by atoms with E-state index in [1.165, 1.54) is 0 Å². The molecule has 19 heavy (non-hydrogen) atoms. The van der Waals surface area contributed by atoms with E-state index < -0.39 is 5.97 Å². The number of halogens is 1. The molecule has 2 aromatic rings. The molecule has 94 valence electrons. The summed E-state index contributed by atoms with van der Waals surface area (Å²) in [6.45, 7) is 0.174. The first kappa shape index (κ1) is 13.1. The Kier molecular flexibility index (Phi) is 4.17. The van der Waals surface area contributed by atoms with E-state index in [0.29, 0.717) is 16.1 Å². The lowest BCUT2D eigenvalue weighted by Crippen LogP contribution is -2.04. The van der Waals surface area contributed by atoms with Crippen molar-refractivity contribution in [2.45, 2.75) is 6.61 Å². The predicted octanol–water partition coefficient (Wildman–Crippen LogP) is 3.57. The second-order valence-electron chi connectivity index (χ2n) is 3.89. The lowest BCUT2D eigenvalue weighted by molar-refractivity contribution is 0.0473. The maximum absolute atomic E-state index is 11.7. The third-order valence-electron chi connectivity index (χ3n) is 2.53. The highest BCUT2D eigenvalue weighted by molar-refractivity contribution is 6.30. The molecule has 0 spiro atoms. The van der Waals surface area contributed by atoms with Crippen molar-refractivity contribution >= 4 is 17.6 Å². The molecule has 0 aromatic heterocycles. The molecule has 0 aliphatic carbocycles. The van der Waals surface area contributed by atoms with E-state index in [-0.39, 0.29) is 6.61 Å². The minimum Gasteiger partial charge on any atom is -0.457 e. The number of rotatable bonds is 3. The third kappa shape index (κ3) is 3.57. The normalized spacial score (nSPS) is 9.68. The molecule has 2 rings (SSSR count).